The van der Waals surface area contributed by atoms with E-state index in [1.165, 1.54) is 12.1 Å². The van der Waals surface area contributed by atoms with E-state index in [0.29, 0.717) is 5.76 Å². The zero-order chi connectivity index (χ0) is 18.7. The molecule has 0 saturated carbocycles. The van der Waals surface area contributed by atoms with Crippen molar-refractivity contribution in [2.45, 2.75) is 13.0 Å². The van der Waals surface area contributed by atoms with Crippen LogP contribution >= 0.6 is 23.2 Å². The quantitative estimate of drug-likeness (QED) is 0.635. The van der Waals surface area contributed by atoms with E-state index in [2.05, 4.69) is 5.32 Å². The third-order valence-corrected chi connectivity index (χ3v) is 4.38. The van der Waals surface area contributed by atoms with Gasteiger partial charge in [0.05, 0.1) is 21.7 Å². The van der Waals surface area contributed by atoms with Gasteiger partial charge < -0.3 is 14.5 Å². The predicted molar refractivity (Wildman–Crippen MR) is 99.5 cm³/mol. The summed E-state index contributed by atoms with van der Waals surface area (Å²) in [7, 11) is 0. The second-order valence-corrected chi connectivity index (χ2v) is 6.46. The summed E-state index contributed by atoms with van der Waals surface area (Å²) < 4.78 is 10.7. The molecule has 134 valence electrons. The Morgan fingerprint density at radius 2 is 1.81 bits per heavy atom. The lowest BCUT2D eigenvalue weighted by atomic mass is 10.2. The molecule has 26 heavy (non-hydrogen) atoms. The monoisotopic (exact) mass is 391 g/mol. The van der Waals surface area contributed by atoms with E-state index in [0.717, 1.165) is 11.0 Å². The van der Waals surface area contributed by atoms with Gasteiger partial charge in [0.2, 0.25) is 0 Å². The van der Waals surface area contributed by atoms with Crippen LogP contribution in [0.2, 0.25) is 10.0 Å². The second kappa shape index (κ2) is 7.81. The van der Waals surface area contributed by atoms with Crippen molar-refractivity contribution < 1.29 is 18.7 Å². The van der Waals surface area contributed by atoms with Gasteiger partial charge in [-0.1, -0.05) is 47.5 Å². The summed E-state index contributed by atoms with van der Waals surface area (Å²) in [6.45, 7) is 1.33. The molecule has 0 fully saturated rings. The number of benzene rings is 2. The maximum Gasteiger partial charge on any atom is 0.341 e. The minimum absolute atomic E-state index is 0.0361. The van der Waals surface area contributed by atoms with Crippen molar-refractivity contribution in [1.82, 2.24) is 5.32 Å². The molecule has 5 nitrogen and oxygen atoms in total. The molecule has 3 aromatic rings. The number of halogens is 2. The highest BCUT2D eigenvalue weighted by Crippen LogP contribution is 2.25. The van der Waals surface area contributed by atoms with Gasteiger partial charge in [0.25, 0.3) is 5.91 Å². The number of hydrogen-bond acceptors (Lipinski definition) is 4. The molecule has 0 aliphatic carbocycles. The molecule has 1 aromatic heterocycles. The lowest BCUT2D eigenvalue weighted by Gasteiger charge is -2.12. The second-order valence-electron chi connectivity index (χ2n) is 5.65. The van der Waals surface area contributed by atoms with E-state index in [1.54, 1.807) is 13.0 Å². The zero-order valence-corrected chi connectivity index (χ0v) is 15.3. The zero-order valence-electron chi connectivity index (χ0n) is 13.8. The highest BCUT2D eigenvalue weighted by molar-refractivity contribution is 6.39. The number of ether oxygens (including phenoxy) is 1. The standard InChI is InChI=1S/C19H15Cl2NO4/c1-11(16-9-12-5-2-3-8-15(12)26-16)22-17(23)10-25-19(24)18-13(20)6-4-7-14(18)21/h2-9,11H,10H2,1H3,(H,22,23)/t11-/m0/s1. The van der Waals surface area contributed by atoms with Crippen LogP contribution in [0.15, 0.2) is 52.9 Å². The third-order valence-electron chi connectivity index (χ3n) is 3.75. The molecule has 1 N–H and O–H groups in total. The first-order valence-corrected chi connectivity index (χ1v) is 8.60. The molecule has 7 heteroatoms. The van der Waals surface area contributed by atoms with Crippen LogP contribution in [-0.4, -0.2) is 18.5 Å². The van der Waals surface area contributed by atoms with E-state index in [9.17, 15) is 9.59 Å². The molecule has 0 bridgehead atoms. The van der Waals surface area contributed by atoms with Gasteiger partial charge in [-0.15, -0.1) is 0 Å². The molecule has 0 saturated heterocycles. The Hall–Kier alpha value is -2.50. The van der Waals surface area contributed by atoms with E-state index < -0.39 is 18.5 Å². The third kappa shape index (κ3) is 4.00. The molecule has 2 aromatic carbocycles. The molecule has 0 spiro atoms. The fourth-order valence-corrected chi connectivity index (χ4v) is 3.02. The van der Waals surface area contributed by atoms with Crippen molar-refractivity contribution in [2.24, 2.45) is 0 Å². The Labute approximate surface area is 159 Å². The first-order valence-electron chi connectivity index (χ1n) is 7.84. The van der Waals surface area contributed by atoms with Crippen molar-refractivity contribution in [3.05, 3.63) is 69.9 Å². The number of carbonyl (C=O) groups excluding carboxylic acids is 2. The highest BCUT2D eigenvalue weighted by Gasteiger charge is 2.19. The first kappa shape index (κ1) is 18.3. The number of furan rings is 1. The molecular weight excluding hydrogens is 377 g/mol. The molecule has 1 atom stereocenters. The van der Waals surface area contributed by atoms with Crippen molar-refractivity contribution in [3.8, 4) is 0 Å². The topological polar surface area (TPSA) is 68.5 Å². The molecule has 0 radical (unpaired) electrons. The van der Waals surface area contributed by atoms with Gasteiger partial charge in [-0.3, -0.25) is 4.79 Å². The molecule has 0 aliphatic heterocycles. The van der Waals surface area contributed by atoms with Crippen LogP contribution in [0, 0.1) is 0 Å². The molecule has 3 rings (SSSR count). The Bertz CT molecular complexity index is 914. The predicted octanol–water partition coefficient (Wildman–Crippen LogP) is 4.77. The van der Waals surface area contributed by atoms with Gasteiger partial charge in [0, 0.05) is 5.39 Å². The molecule has 1 amide bonds. The number of amides is 1. The van der Waals surface area contributed by atoms with Crippen LogP contribution in [0.4, 0.5) is 0 Å². The summed E-state index contributed by atoms with van der Waals surface area (Å²) >= 11 is 11.9. The van der Waals surface area contributed by atoms with Gasteiger partial charge in [0.1, 0.15) is 11.3 Å². The van der Waals surface area contributed by atoms with Crippen LogP contribution < -0.4 is 5.32 Å². The van der Waals surface area contributed by atoms with Crippen molar-refractivity contribution in [2.75, 3.05) is 6.61 Å². The van der Waals surface area contributed by atoms with E-state index in [1.807, 2.05) is 30.3 Å². The summed E-state index contributed by atoms with van der Waals surface area (Å²) in [6.07, 6.45) is 0. The van der Waals surface area contributed by atoms with Crippen LogP contribution in [-0.2, 0) is 9.53 Å². The number of para-hydroxylation sites is 1. The Morgan fingerprint density at radius 1 is 1.12 bits per heavy atom. The molecule has 0 unspecified atom stereocenters. The normalized spacial score (nSPS) is 12.0. The number of fused-ring (bicyclic) bond motifs is 1. The van der Waals surface area contributed by atoms with Crippen LogP contribution in [0.1, 0.15) is 29.1 Å². The van der Waals surface area contributed by atoms with Crippen LogP contribution in [0.3, 0.4) is 0 Å². The summed E-state index contributed by atoms with van der Waals surface area (Å²) in [5.41, 5.74) is 0.775. The van der Waals surface area contributed by atoms with Gasteiger partial charge >= 0.3 is 5.97 Å². The van der Waals surface area contributed by atoms with Crippen molar-refractivity contribution >= 4 is 46.0 Å². The maximum atomic E-state index is 12.1. The lowest BCUT2D eigenvalue weighted by molar-refractivity contribution is -0.125. The van der Waals surface area contributed by atoms with Crippen molar-refractivity contribution in [1.29, 1.82) is 0 Å². The van der Waals surface area contributed by atoms with Gasteiger partial charge in [-0.05, 0) is 31.2 Å². The molecular formula is C19H15Cl2NO4. The van der Waals surface area contributed by atoms with Gasteiger partial charge in [-0.25, -0.2) is 4.79 Å². The van der Waals surface area contributed by atoms with Gasteiger partial charge in [0.15, 0.2) is 6.61 Å². The minimum Gasteiger partial charge on any atom is -0.459 e. The maximum absolute atomic E-state index is 12.1. The van der Waals surface area contributed by atoms with Gasteiger partial charge in [-0.2, -0.15) is 0 Å². The Kier molecular flexibility index (Phi) is 5.49. The Morgan fingerprint density at radius 3 is 2.50 bits per heavy atom. The summed E-state index contributed by atoms with van der Waals surface area (Å²) in [6, 6.07) is 13.7. The number of nitrogens with one attached hydrogen (secondary N) is 1. The fourth-order valence-electron chi connectivity index (χ4n) is 2.47. The first-order chi connectivity index (χ1) is 12.5. The molecule has 0 aliphatic rings. The molecule has 1 heterocycles. The van der Waals surface area contributed by atoms with Crippen molar-refractivity contribution in [3.63, 3.8) is 0 Å². The number of hydrogen-bond donors (Lipinski definition) is 1. The summed E-state index contributed by atoms with van der Waals surface area (Å²) in [5, 5.41) is 4.00. The average molecular weight is 392 g/mol. The van der Waals surface area contributed by atoms with E-state index in [-0.39, 0.29) is 21.7 Å². The lowest BCUT2D eigenvalue weighted by Crippen LogP contribution is -2.31. The largest absolute Gasteiger partial charge is 0.459 e. The van der Waals surface area contributed by atoms with E-state index in [4.69, 9.17) is 32.4 Å². The van der Waals surface area contributed by atoms with E-state index >= 15 is 0 Å². The number of rotatable bonds is 5. The summed E-state index contributed by atoms with van der Waals surface area (Å²) in [4.78, 5) is 24.1. The van der Waals surface area contributed by atoms with Crippen LogP contribution in [0.25, 0.3) is 11.0 Å². The number of esters is 1. The SMILES string of the molecule is C[C@H](NC(=O)COC(=O)c1c(Cl)cccc1Cl)c1cc2ccccc2o1. The average Bonchev–Trinajstić information content (AvgIpc) is 3.04. The number of carbonyl (C=O) groups is 2. The van der Waals surface area contributed by atoms with Crippen LogP contribution in [0.5, 0.6) is 0 Å². The Balaban J connectivity index is 1.59. The minimum atomic E-state index is -0.757. The smallest absolute Gasteiger partial charge is 0.341 e. The summed E-state index contributed by atoms with van der Waals surface area (Å²) in [5.74, 6) is -0.610. The fraction of sp³-hybridized carbons (Fsp3) is 0.158. The highest BCUT2D eigenvalue weighted by atomic mass is 35.5.